The van der Waals surface area contributed by atoms with Crippen LogP contribution < -0.4 is 0 Å². The molecule has 22 heavy (non-hydrogen) atoms. The fourth-order valence-corrected chi connectivity index (χ4v) is 3.40. The van der Waals surface area contributed by atoms with Crippen LogP contribution >= 0.6 is 11.8 Å². The summed E-state index contributed by atoms with van der Waals surface area (Å²) in [6.07, 6.45) is 5.24. The van der Waals surface area contributed by atoms with Gasteiger partial charge in [0.25, 0.3) is 0 Å². The van der Waals surface area contributed by atoms with Crippen LogP contribution in [0.2, 0.25) is 0 Å². The van der Waals surface area contributed by atoms with E-state index in [2.05, 4.69) is 42.6 Å². The standard InChI is InChI=1S/C15H17N3S.CO2/c1-3-12-14(19-4-2)18-8-5-11(9-13(18)17-12)15(10-16)6-7-15;2-1-3/h5,8-9H,3-4,6-7H2,1-2H3;. The molecule has 1 aliphatic rings. The van der Waals surface area contributed by atoms with Crippen LogP contribution in [0.4, 0.5) is 0 Å². The molecule has 0 bridgehead atoms. The zero-order valence-electron chi connectivity index (χ0n) is 12.6. The van der Waals surface area contributed by atoms with Crippen molar-refractivity contribution >= 4 is 23.6 Å². The molecule has 0 amide bonds. The van der Waals surface area contributed by atoms with E-state index >= 15 is 0 Å². The Hall–Kier alpha value is -2.09. The van der Waals surface area contributed by atoms with Crippen LogP contribution in [0, 0.1) is 11.3 Å². The summed E-state index contributed by atoms with van der Waals surface area (Å²) in [4.78, 5) is 21.0. The maximum absolute atomic E-state index is 9.29. The number of imidazole rings is 1. The lowest BCUT2D eigenvalue weighted by Crippen LogP contribution is -2.03. The lowest BCUT2D eigenvalue weighted by atomic mass is 9.99. The maximum atomic E-state index is 9.29. The number of carbonyl (C=O) groups excluding carboxylic acids is 2. The van der Waals surface area contributed by atoms with Crippen LogP contribution in [0.3, 0.4) is 0 Å². The van der Waals surface area contributed by atoms with Crippen LogP contribution in [0.5, 0.6) is 0 Å². The number of hydrogen-bond donors (Lipinski definition) is 0. The van der Waals surface area contributed by atoms with Gasteiger partial charge in [0.1, 0.15) is 10.7 Å². The lowest BCUT2D eigenvalue weighted by Gasteiger charge is -2.07. The van der Waals surface area contributed by atoms with Crippen molar-refractivity contribution in [2.45, 2.75) is 43.6 Å². The first kappa shape index (κ1) is 16.3. The molecule has 3 rings (SSSR count). The van der Waals surface area contributed by atoms with Crippen LogP contribution in [-0.4, -0.2) is 21.3 Å². The molecule has 0 aliphatic heterocycles. The Kier molecular flexibility index (Phi) is 5.02. The van der Waals surface area contributed by atoms with E-state index in [-0.39, 0.29) is 11.6 Å². The van der Waals surface area contributed by atoms with Gasteiger partial charge >= 0.3 is 6.15 Å². The van der Waals surface area contributed by atoms with Crippen LogP contribution in [0.1, 0.15) is 37.9 Å². The molecule has 2 heterocycles. The van der Waals surface area contributed by atoms with Gasteiger partial charge in [0.15, 0.2) is 0 Å². The third-order valence-electron chi connectivity index (χ3n) is 3.78. The molecule has 114 valence electrons. The molecule has 0 radical (unpaired) electrons. The molecule has 6 heteroatoms. The Labute approximate surface area is 133 Å². The minimum atomic E-state index is -0.224. The fraction of sp³-hybridized carbons (Fsp3) is 0.438. The van der Waals surface area contributed by atoms with Gasteiger partial charge in [-0.2, -0.15) is 14.9 Å². The summed E-state index contributed by atoms with van der Waals surface area (Å²) in [5, 5.41) is 10.5. The molecule has 2 aromatic rings. The summed E-state index contributed by atoms with van der Waals surface area (Å²) in [6, 6.07) is 6.63. The number of fused-ring (bicyclic) bond motifs is 1. The quantitative estimate of drug-likeness (QED) is 0.811. The van der Waals surface area contributed by atoms with E-state index < -0.39 is 0 Å². The normalized spacial score (nSPS) is 14.6. The molecule has 0 saturated heterocycles. The van der Waals surface area contributed by atoms with E-state index in [1.54, 1.807) is 0 Å². The van der Waals surface area contributed by atoms with Gasteiger partial charge in [-0.1, -0.05) is 13.8 Å². The predicted octanol–water partition coefficient (Wildman–Crippen LogP) is 2.98. The summed E-state index contributed by atoms with van der Waals surface area (Å²) in [6.45, 7) is 4.30. The number of pyridine rings is 1. The largest absolute Gasteiger partial charge is 0.373 e. The highest BCUT2D eigenvalue weighted by molar-refractivity contribution is 7.99. The number of nitrogens with zero attached hydrogens (tertiary/aromatic N) is 3. The van der Waals surface area contributed by atoms with Gasteiger partial charge in [-0.05, 0) is 42.7 Å². The van der Waals surface area contributed by atoms with Gasteiger partial charge in [0.2, 0.25) is 0 Å². The average Bonchev–Trinajstić information content (AvgIpc) is 3.26. The molecule has 0 N–H and O–H groups in total. The zero-order valence-corrected chi connectivity index (χ0v) is 13.4. The molecule has 0 spiro atoms. The SMILES string of the molecule is CCSc1c(CC)nc2cc(C3(C#N)CC3)ccn12.O=C=O. The third kappa shape index (κ3) is 2.92. The van der Waals surface area contributed by atoms with Crippen molar-refractivity contribution in [3.63, 3.8) is 0 Å². The van der Waals surface area contributed by atoms with Crippen LogP contribution in [0.15, 0.2) is 23.4 Å². The van der Waals surface area contributed by atoms with E-state index in [9.17, 15) is 5.26 Å². The molecule has 0 unspecified atom stereocenters. The molecular weight excluding hydrogens is 298 g/mol. The Bertz CT molecular complexity index is 751. The van der Waals surface area contributed by atoms with Gasteiger partial charge in [0, 0.05) is 6.20 Å². The molecular formula is C16H17N3O2S. The van der Waals surface area contributed by atoms with E-state index in [0.717, 1.165) is 41.9 Å². The zero-order chi connectivity index (χ0) is 16.2. The number of aryl methyl sites for hydroxylation is 1. The highest BCUT2D eigenvalue weighted by Crippen LogP contribution is 2.47. The monoisotopic (exact) mass is 315 g/mol. The van der Waals surface area contributed by atoms with Gasteiger partial charge in [-0.15, -0.1) is 11.8 Å². The molecule has 0 atom stereocenters. The van der Waals surface area contributed by atoms with Crippen molar-refractivity contribution in [2.24, 2.45) is 0 Å². The van der Waals surface area contributed by atoms with Crippen molar-refractivity contribution in [2.75, 3.05) is 5.75 Å². The fourth-order valence-electron chi connectivity index (χ4n) is 2.48. The van der Waals surface area contributed by atoms with Crippen LogP contribution in [0.25, 0.3) is 5.65 Å². The first-order chi connectivity index (χ1) is 10.7. The topological polar surface area (TPSA) is 75.2 Å². The van der Waals surface area contributed by atoms with Crippen molar-refractivity contribution in [3.05, 3.63) is 29.6 Å². The smallest absolute Gasteiger partial charge is 0.294 e. The van der Waals surface area contributed by atoms with Gasteiger partial charge < -0.3 is 0 Å². The maximum Gasteiger partial charge on any atom is 0.373 e. The lowest BCUT2D eigenvalue weighted by molar-refractivity contribution is -0.191. The average molecular weight is 315 g/mol. The van der Waals surface area contributed by atoms with Gasteiger partial charge in [0.05, 0.1) is 17.2 Å². The molecule has 1 aliphatic carbocycles. The van der Waals surface area contributed by atoms with Crippen molar-refractivity contribution in [1.82, 2.24) is 9.38 Å². The van der Waals surface area contributed by atoms with E-state index in [1.807, 2.05) is 11.8 Å². The minimum absolute atomic E-state index is 0.224. The van der Waals surface area contributed by atoms with E-state index in [1.165, 1.54) is 5.03 Å². The van der Waals surface area contributed by atoms with E-state index in [4.69, 9.17) is 14.6 Å². The number of rotatable bonds is 4. The molecule has 1 fully saturated rings. The van der Waals surface area contributed by atoms with Crippen LogP contribution in [-0.2, 0) is 21.4 Å². The van der Waals surface area contributed by atoms with Crippen molar-refractivity contribution in [3.8, 4) is 6.07 Å². The highest BCUT2D eigenvalue weighted by Gasteiger charge is 2.45. The number of nitriles is 1. The summed E-state index contributed by atoms with van der Waals surface area (Å²) in [7, 11) is 0. The number of aromatic nitrogens is 2. The highest BCUT2D eigenvalue weighted by atomic mass is 32.2. The predicted molar refractivity (Wildman–Crippen MR) is 82.5 cm³/mol. The first-order valence-electron chi connectivity index (χ1n) is 7.20. The number of hydrogen-bond acceptors (Lipinski definition) is 5. The minimum Gasteiger partial charge on any atom is -0.294 e. The summed E-state index contributed by atoms with van der Waals surface area (Å²) >= 11 is 1.83. The number of thioether (sulfide) groups is 1. The Morgan fingerprint density at radius 2 is 2.09 bits per heavy atom. The third-order valence-corrected chi connectivity index (χ3v) is 4.78. The van der Waals surface area contributed by atoms with Crippen molar-refractivity contribution in [1.29, 1.82) is 5.26 Å². The summed E-state index contributed by atoms with van der Waals surface area (Å²) in [5.74, 6) is 1.05. The molecule has 0 aromatic carbocycles. The van der Waals surface area contributed by atoms with Gasteiger partial charge in [-0.25, -0.2) is 4.98 Å². The van der Waals surface area contributed by atoms with E-state index in [0.29, 0.717) is 0 Å². The summed E-state index contributed by atoms with van der Waals surface area (Å²) in [5.41, 5.74) is 3.04. The second-order valence-electron chi connectivity index (χ2n) is 5.07. The summed E-state index contributed by atoms with van der Waals surface area (Å²) < 4.78 is 2.16. The Morgan fingerprint density at radius 1 is 1.41 bits per heavy atom. The Balaban J connectivity index is 0.000000545. The Morgan fingerprint density at radius 3 is 2.59 bits per heavy atom. The van der Waals surface area contributed by atoms with Crippen molar-refractivity contribution < 1.29 is 9.59 Å². The first-order valence-corrected chi connectivity index (χ1v) is 8.19. The molecule has 1 saturated carbocycles. The second-order valence-corrected chi connectivity index (χ2v) is 6.32. The second kappa shape index (κ2) is 6.78. The molecule has 5 nitrogen and oxygen atoms in total. The molecule has 2 aromatic heterocycles. The van der Waals surface area contributed by atoms with Gasteiger partial charge in [-0.3, -0.25) is 4.40 Å².